The molecule has 0 atom stereocenters. The van der Waals surface area contributed by atoms with E-state index >= 15 is 0 Å². The highest BCUT2D eigenvalue weighted by Gasteiger charge is 2.01. The molecule has 0 aliphatic heterocycles. The van der Waals surface area contributed by atoms with Crippen LogP contribution in [0.25, 0.3) is 0 Å². The Bertz CT molecular complexity index is 951. The van der Waals surface area contributed by atoms with Gasteiger partial charge in [-0.1, -0.05) is 37.6 Å². The van der Waals surface area contributed by atoms with Crippen molar-refractivity contribution in [3.63, 3.8) is 0 Å². The monoisotopic (exact) mass is 525 g/mol. The van der Waals surface area contributed by atoms with Crippen LogP contribution in [-0.2, 0) is 13.0 Å². The molecule has 2 aromatic carbocycles. The molecule has 1 heterocycles. The summed E-state index contributed by atoms with van der Waals surface area (Å²) >= 11 is 0. The molecular weight excluding hydrogens is 489 g/mol. The minimum Gasteiger partial charge on any atom is -0.497 e. The molecule has 0 saturated carbocycles. The number of hydrogen-bond donors (Lipinski definition) is 4. The highest BCUT2D eigenvalue weighted by atomic mass is 35.5. The van der Waals surface area contributed by atoms with Gasteiger partial charge >= 0.3 is 0 Å². The van der Waals surface area contributed by atoms with Crippen molar-refractivity contribution in [2.45, 2.75) is 26.3 Å². The maximum absolute atomic E-state index is 7.21. The van der Waals surface area contributed by atoms with E-state index in [-0.39, 0.29) is 36.7 Å². The molecule has 35 heavy (non-hydrogen) atoms. The molecule has 6 N–H and O–H groups in total. The molecular formula is C24H37Cl2N7O2. The van der Waals surface area contributed by atoms with Crippen LogP contribution in [0.3, 0.4) is 0 Å². The fourth-order valence-corrected chi connectivity index (χ4v) is 2.58. The minimum absolute atomic E-state index is 0. The summed E-state index contributed by atoms with van der Waals surface area (Å²) in [6, 6.07) is 17.6. The number of methoxy groups -OCH3 is 2. The first-order valence-electron chi connectivity index (χ1n) is 10.5. The average molecular weight is 527 g/mol. The standard InChI is InChI=1S/C10H15N3O.C10H14O.C4H6N4.2ClH/c1-13(10(11)12)7-8-3-5-9(14-2)6-4-8;1-3-4-9-5-7-10(11-2)8-6-9;5-4(6)8-3-1-2-7-8;;/h3-6H,7H2,1-2H3,(H3,11,12);5-8H,3-4H2,1-2H3;1-3H,(H3,5,6);2*1H. The van der Waals surface area contributed by atoms with Crippen LogP contribution in [-0.4, -0.2) is 47.9 Å². The molecule has 0 aliphatic carbocycles. The Morgan fingerprint density at radius 2 is 1.40 bits per heavy atom. The zero-order chi connectivity index (χ0) is 24.6. The number of nitrogens with zero attached hydrogens (tertiary/aromatic N) is 3. The summed E-state index contributed by atoms with van der Waals surface area (Å²) in [5.41, 5.74) is 12.8. The van der Waals surface area contributed by atoms with E-state index in [1.54, 1.807) is 44.6 Å². The van der Waals surface area contributed by atoms with Crippen LogP contribution in [0, 0.1) is 10.8 Å². The van der Waals surface area contributed by atoms with Crippen LogP contribution in [0.2, 0.25) is 0 Å². The smallest absolute Gasteiger partial charge is 0.213 e. The lowest BCUT2D eigenvalue weighted by atomic mass is 10.1. The molecule has 0 saturated heterocycles. The number of guanidine groups is 1. The molecule has 0 aliphatic rings. The quantitative estimate of drug-likeness (QED) is 0.281. The first-order chi connectivity index (χ1) is 15.8. The van der Waals surface area contributed by atoms with E-state index in [0.717, 1.165) is 23.5 Å². The molecule has 0 amide bonds. The number of hydrogen-bond acceptors (Lipinski definition) is 5. The van der Waals surface area contributed by atoms with E-state index in [0.29, 0.717) is 6.54 Å². The van der Waals surface area contributed by atoms with Gasteiger partial charge in [-0.25, -0.2) is 4.68 Å². The summed E-state index contributed by atoms with van der Waals surface area (Å²) in [5, 5.41) is 17.7. The summed E-state index contributed by atoms with van der Waals surface area (Å²) in [6.45, 7) is 2.82. The number of rotatable bonds is 6. The molecule has 0 bridgehead atoms. The SMILES string of the molecule is CCCc1ccc(OC)cc1.COc1ccc(CN(C)C(=N)N)cc1.Cl.Cl.N=C(N)n1cccn1. The second-order valence-corrected chi connectivity index (χ2v) is 7.02. The van der Waals surface area contributed by atoms with Crippen LogP contribution in [0.5, 0.6) is 11.5 Å². The van der Waals surface area contributed by atoms with Gasteiger partial charge < -0.3 is 25.8 Å². The van der Waals surface area contributed by atoms with Crippen LogP contribution in [0.15, 0.2) is 67.0 Å². The molecule has 0 spiro atoms. The van der Waals surface area contributed by atoms with Crippen molar-refractivity contribution in [1.29, 1.82) is 10.8 Å². The molecule has 3 rings (SSSR count). The lowest BCUT2D eigenvalue weighted by Gasteiger charge is -2.16. The molecule has 0 fully saturated rings. The van der Waals surface area contributed by atoms with E-state index in [4.69, 9.17) is 31.8 Å². The molecule has 9 nitrogen and oxygen atoms in total. The Labute approximate surface area is 220 Å². The summed E-state index contributed by atoms with van der Waals surface area (Å²) < 4.78 is 11.4. The van der Waals surface area contributed by atoms with E-state index in [2.05, 4.69) is 24.2 Å². The largest absolute Gasteiger partial charge is 0.497 e. The average Bonchev–Trinajstić information content (AvgIpc) is 3.37. The number of nitrogens with two attached hydrogens (primary N) is 2. The number of benzene rings is 2. The van der Waals surface area contributed by atoms with E-state index in [1.807, 2.05) is 36.4 Å². The molecule has 0 unspecified atom stereocenters. The first kappa shape index (κ1) is 33.7. The van der Waals surface area contributed by atoms with Crippen LogP contribution >= 0.6 is 24.8 Å². The summed E-state index contributed by atoms with van der Waals surface area (Å²) in [4.78, 5) is 1.67. The van der Waals surface area contributed by atoms with Gasteiger partial charge in [-0.15, -0.1) is 24.8 Å². The lowest BCUT2D eigenvalue weighted by molar-refractivity contribution is 0.414. The van der Waals surface area contributed by atoms with Gasteiger partial charge in [0.05, 0.1) is 14.2 Å². The Morgan fingerprint density at radius 3 is 1.71 bits per heavy atom. The third-order valence-corrected chi connectivity index (χ3v) is 4.44. The number of aryl methyl sites for hydroxylation is 1. The van der Waals surface area contributed by atoms with Gasteiger partial charge in [0.25, 0.3) is 0 Å². The Morgan fingerprint density at radius 1 is 0.914 bits per heavy atom. The minimum atomic E-state index is -0.0602. The zero-order valence-corrected chi connectivity index (χ0v) is 22.2. The lowest BCUT2D eigenvalue weighted by Crippen LogP contribution is -2.32. The van der Waals surface area contributed by atoms with Crippen molar-refractivity contribution < 1.29 is 9.47 Å². The van der Waals surface area contributed by atoms with Gasteiger partial charge in [-0.05, 0) is 47.9 Å². The van der Waals surface area contributed by atoms with Crippen molar-refractivity contribution >= 4 is 36.7 Å². The molecule has 11 heteroatoms. The fourth-order valence-electron chi connectivity index (χ4n) is 2.58. The summed E-state index contributed by atoms with van der Waals surface area (Å²) in [6.07, 6.45) is 5.54. The third kappa shape index (κ3) is 13.8. The Balaban J connectivity index is 0. The molecule has 3 aromatic rings. The Hall–Kier alpha value is -3.43. The van der Waals surface area contributed by atoms with Gasteiger partial charge in [0.1, 0.15) is 11.5 Å². The van der Waals surface area contributed by atoms with Crippen molar-refractivity contribution in [3.8, 4) is 11.5 Å². The van der Waals surface area contributed by atoms with Gasteiger partial charge in [0.2, 0.25) is 5.96 Å². The van der Waals surface area contributed by atoms with Gasteiger partial charge in [0.15, 0.2) is 5.96 Å². The van der Waals surface area contributed by atoms with Crippen molar-refractivity contribution in [2.24, 2.45) is 11.5 Å². The highest BCUT2D eigenvalue weighted by molar-refractivity contribution is 5.85. The molecule has 0 radical (unpaired) electrons. The molecule has 194 valence electrons. The maximum atomic E-state index is 7.21. The van der Waals surface area contributed by atoms with Gasteiger partial charge in [-0.3, -0.25) is 10.8 Å². The summed E-state index contributed by atoms with van der Waals surface area (Å²) in [7, 11) is 5.11. The van der Waals surface area contributed by atoms with E-state index in [9.17, 15) is 0 Å². The van der Waals surface area contributed by atoms with Crippen LogP contribution in [0.4, 0.5) is 0 Å². The van der Waals surface area contributed by atoms with E-state index < -0.39 is 0 Å². The maximum Gasteiger partial charge on any atom is 0.213 e. The Kier molecular flexibility index (Phi) is 18.3. The van der Waals surface area contributed by atoms with Crippen LogP contribution < -0.4 is 20.9 Å². The topological polar surface area (TPSA) is 139 Å². The predicted octanol–water partition coefficient (Wildman–Crippen LogP) is 4.14. The third-order valence-electron chi connectivity index (χ3n) is 4.44. The number of aromatic nitrogens is 2. The van der Waals surface area contributed by atoms with Crippen LogP contribution in [0.1, 0.15) is 24.5 Å². The number of halogens is 2. The highest BCUT2D eigenvalue weighted by Crippen LogP contribution is 2.13. The first-order valence-corrected chi connectivity index (χ1v) is 10.5. The molecule has 1 aromatic heterocycles. The van der Waals surface area contributed by atoms with Gasteiger partial charge in [-0.2, -0.15) is 5.10 Å². The normalized spacial score (nSPS) is 8.91. The number of nitrogen functional groups attached to an aromatic ring is 1. The second kappa shape index (κ2) is 18.9. The van der Waals surface area contributed by atoms with Crippen molar-refractivity contribution in [2.75, 3.05) is 21.3 Å². The van der Waals surface area contributed by atoms with Gasteiger partial charge in [0, 0.05) is 26.0 Å². The van der Waals surface area contributed by atoms with E-state index in [1.165, 1.54) is 16.7 Å². The second-order valence-electron chi connectivity index (χ2n) is 7.02. The number of ether oxygens (including phenoxy) is 2. The number of nitrogens with one attached hydrogen (secondary N) is 2. The van der Waals surface area contributed by atoms with Crippen molar-refractivity contribution in [1.82, 2.24) is 14.7 Å². The zero-order valence-electron chi connectivity index (χ0n) is 20.6. The fraction of sp³-hybridized carbons (Fsp3) is 0.292. The predicted molar refractivity (Wildman–Crippen MR) is 147 cm³/mol. The summed E-state index contributed by atoms with van der Waals surface area (Å²) in [5.74, 6) is 1.78. The van der Waals surface area contributed by atoms with Crippen molar-refractivity contribution in [3.05, 3.63) is 78.1 Å².